The summed E-state index contributed by atoms with van der Waals surface area (Å²) >= 11 is 0. The summed E-state index contributed by atoms with van der Waals surface area (Å²) in [5.74, 6) is -0.635. The maximum atomic E-state index is 14.1. The molecule has 0 saturated carbocycles. The van der Waals surface area contributed by atoms with E-state index in [0.29, 0.717) is 16.9 Å². The van der Waals surface area contributed by atoms with Crippen LogP contribution < -0.4 is 10.1 Å². The Morgan fingerprint density at radius 3 is 2.93 bits per heavy atom. The molecule has 2 aromatic carbocycles. The molecule has 1 N–H and O–H groups in total. The minimum absolute atomic E-state index is 0.0216. The van der Waals surface area contributed by atoms with Crippen LogP contribution in [0.15, 0.2) is 36.4 Å². The van der Waals surface area contributed by atoms with Crippen molar-refractivity contribution in [1.29, 1.82) is 0 Å². The Morgan fingerprint density at radius 1 is 1.26 bits per heavy atom. The number of aryl methyl sites for hydroxylation is 1. The molecule has 2 unspecified atom stereocenters. The second-order valence-electron chi connectivity index (χ2n) is 7.36. The van der Waals surface area contributed by atoms with E-state index in [1.165, 1.54) is 17.7 Å². The maximum absolute atomic E-state index is 14.1. The zero-order valence-electron chi connectivity index (χ0n) is 15.3. The normalized spacial score (nSPS) is 20.7. The lowest BCUT2D eigenvalue weighted by atomic mass is 9.88. The van der Waals surface area contributed by atoms with Gasteiger partial charge in [-0.05, 0) is 48.4 Å². The van der Waals surface area contributed by atoms with Crippen LogP contribution in [0.3, 0.4) is 0 Å². The van der Waals surface area contributed by atoms with Crippen molar-refractivity contribution in [2.75, 3.05) is 6.61 Å². The van der Waals surface area contributed by atoms with Crippen LogP contribution >= 0.6 is 0 Å². The number of amides is 1. The third-order valence-corrected chi connectivity index (χ3v) is 5.48. The van der Waals surface area contributed by atoms with Gasteiger partial charge in [-0.15, -0.1) is 0 Å². The van der Waals surface area contributed by atoms with Crippen molar-refractivity contribution in [2.24, 2.45) is 0 Å². The fourth-order valence-corrected chi connectivity index (χ4v) is 4.23. The molecule has 0 aromatic heterocycles. The van der Waals surface area contributed by atoms with Crippen molar-refractivity contribution in [3.63, 3.8) is 0 Å². The number of carbonyl (C=O) groups excluding carboxylic acids is 2. The third kappa shape index (κ3) is 3.34. The van der Waals surface area contributed by atoms with E-state index in [-0.39, 0.29) is 42.5 Å². The van der Waals surface area contributed by atoms with Crippen LogP contribution in [0.5, 0.6) is 5.75 Å². The number of ether oxygens (including phenoxy) is 1. The molecule has 0 heterocycles. The number of fused-ring (bicyclic) bond motifs is 2. The predicted molar refractivity (Wildman–Crippen MR) is 99.5 cm³/mol. The number of hydrogen-bond donors (Lipinski definition) is 1. The Hall–Kier alpha value is -2.69. The second-order valence-corrected chi connectivity index (χ2v) is 7.36. The van der Waals surface area contributed by atoms with Crippen molar-refractivity contribution in [3.05, 3.63) is 64.5 Å². The first kappa shape index (κ1) is 17.7. The van der Waals surface area contributed by atoms with Gasteiger partial charge in [-0.1, -0.05) is 31.2 Å². The number of nitrogens with one attached hydrogen (secondary N) is 1. The number of benzene rings is 2. The SMILES string of the molecule is CC1CC(=O)c2c(OCC(=O)NC3CCCc4ccccc43)ccc(F)c21. The van der Waals surface area contributed by atoms with Crippen LogP contribution in [0.2, 0.25) is 0 Å². The first-order valence-corrected chi connectivity index (χ1v) is 9.40. The number of carbonyl (C=O) groups is 2. The molecule has 2 aliphatic carbocycles. The smallest absolute Gasteiger partial charge is 0.258 e. The molecular weight excluding hydrogens is 345 g/mol. The molecule has 0 spiro atoms. The summed E-state index contributed by atoms with van der Waals surface area (Å²) in [6, 6.07) is 10.9. The lowest BCUT2D eigenvalue weighted by Crippen LogP contribution is -2.34. The molecule has 0 aliphatic heterocycles. The Labute approximate surface area is 157 Å². The topological polar surface area (TPSA) is 55.4 Å². The Bertz CT molecular complexity index is 908. The Morgan fingerprint density at radius 2 is 2.07 bits per heavy atom. The average molecular weight is 367 g/mol. The van der Waals surface area contributed by atoms with Gasteiger partial charge in [-0.25, -0.2) is 4.39 Å². The molecule has 140 valence electrons. The van der Waals surface area contributed by atoms with Crippen molar-refractivity contribution in [2.45, 2.75) is 44.6 Å². The Balaban J connectivity index is 1.45. The second kappa shape index (κ2) is 7.14. The molecule has 27 heavy (non-hydrogen) atoms. The molecule has 0 saturated heterocycles. The van der Waals surface area contributed by atoms with Gasteiger partial charge in [0.15, 0.2) is 12.4 Å². The molecular formula is C22H22FNO3. The highest BCUT2D eigenvalue weighted by Gasteiger charge is 2.32. The largest absolute Gasteiger partial charge is 0.483 e. The molecule has 2 aliphatic rings. The summed E-state index contributed by atoms with van der Waals surface area (Å²) in [7, 11) is 0. The van der Waals surface area contributed by atoms with Gasteiger partial charge in [-0.2, -0.15) is 0 Å². The first-order valence-electron chi connectivity index (χ1n) is 9.40. The van der Waals surface area contributed by atoms with E-state index < -0.39 is 0 Å². The van der Waals surface area contributed by atoms with Crippen LogP contribution in [-0.2, 0) is 11.2 Å². The van der Waals surface area contributed by atoms with Gasteiger partial charge in [0.25, 0.3) is 5.91 Å². The zero-order chi connectivity index (χ0) is 19.0. The number of halogens is 1. The molecule has 2 atom stereocenters. The lowest BCUT2D eigenvalue weighted by Gasteiger charge is -2.26. The zero-order valence-corrected chi connectivity index (χ0v) is 15.3. The third-order valence-electron chi connectivity index (χ3n) is 5.48. The van der Waals surface area contributed by atoms with Crippen LogP contribution in [0, 0.1) is 5.82 Å². The molecule has 5 heteroatoms. The number of hydrogen-bond acceptors (Lipinski definition) is 3. The van der Waals surface area contributed by atoms with Gasteiger partial charge in [-0.3, -0.25) is 9.59 Å². The van der Waals surface area contributed by atoms with Crippen LogP contribution in [0.25, 0.3) is 0 Å². The van der Waals surface area contributed by atoms with E-state index in [0.717, 1.165) is 24.8 Å². The lowest BCUT2D eigenvalue weighted by molar-refractivity contribution is -0.124. The van der Waals surface area contributed by atoms with Crippen LogP contribution in [0.1, 0.15) is 65.2 Å². The van der Waals surface area contributed by atoms with E-state index in [2.05, 4.69) is 11.4 Å². The number of ketones is 1. The molecule has 1 amide bonds. The summed E-state index contributed by atoms with van der Waals surface area (Å²) in [5.41, 5.74) is 3.12. The van der Waals surface area contributed by atoms with E-state index in [1.807, 2.05) is 25.1 Å². The minimum Gasteiger partial charge on any atom is -0.483 e. The average Bonchev–Trinajstić information content (AvgIpc) is 2.97. The quantitative estimate of drug-likeness (QED) is 0.886. The highest BCUT2D eigenvalue weighted by atomic mass is 19.1. The van der Waals surface area contributed by atoms with Crippen LogP contribution in [0.4, 0.5) is 4.39 Å². The highest BCUT2D eigenvalue weighted by molar-refractivity contribution is 6.03. The fraction of sp³-hybridized carbons (Fsp3) is 0.364. The van der Waals surface area contributed by atoms with Crippen molar-refractivity contribution in [1.82, 2.24) is 5.32 Å². The van der Waals surface area contributed by atoms with Crippen molar-refractivity contribution < 1.29 is 18.7 Å². The summed E-state index contributed by atoms with van der Waals surface area (Å²) < 4.78 is 19.7. The molecule has 0 radical (unpaired) electrons. The van der Waals surface area contributed by atoms with E-state index in [9.17, 15) is 14.0 Å². The van der Waals surface area contributed by atoms with Crippen molar-refractivity contribution >= 4 is 11.7 Å². The van der Waals surface area contributed by atoms with Gasteiger partial charge < -0.3 is 10.1 Å². The monoisotopic (exact) mass is 367 g/mol. The Kier molecular flexibility index (Phi) is 4.68. The first-order chi connectivity index (χ1) is 13.0. The molecule has 4 nitrogen and oxygen atoms in total. The van der Waals surface area contributed by atoms with Gasteiger partial charge >= 0.3 is 0 Å². The molecule has 4 rings (SSSR count). The summed E-state index contributed by atoms with van der Waals surface area (Å²) in [6.45, 7) is 1.63. The van der Waals surface area contributed by atoms with Crippen molar-refractivity contribution in [3.8, 4) is 5.75 Å². The van der Waals surface area contributed by atoms with Crippen LogP contribution in [-0.4, -0.2) is 18.3 Å². The fourth-order valence-electron chi connectivity index (χ4n) is 4.23. The van der Waals surface area contributed by atoms with E-state index in [4.69, 9.17) is 4.74 Å². The number of Topliss-reactive ketones (excluding diaryl/α,β-unsaturated/α-hetero) is 1. The van der Waals surface area contributed by atoms with Gasteiger partial charge in [0, 0.05) is 12.0 Å². The molecule has 0 bridgehead atoms. The summed E-state index contributed by atoms with van der Waals surface area (Å²) in [4.78, 5) is 24.6. The minimum atomic E-state index is -0.390. The maximum Gasteiger partial charge on any atom is 0.258 e. The highest BCUT2D eigenvalue weighted by Crippen LogP contribution is 2.39. The molecule has 2 aromatic rings. The van der Waals surface area contributed by atoms with Gasteiger partial charge in [0.2, 0.25) is 0 Å². The van der Waals surface area contributed by atoms with E-state index in [1.54, 1.807) is 0 Å². The molecule has 0 fully saturated rings. The van der Waals surface area contributed by atoms with Gasteiger partial charge in [0.05, 0.1) is 11.6 Å². The summed E-state index contributed by atoms with van der Waals surface area (Å²) in [6.07, 6.45) is 3.23. The predicted octanol–water partition coefficient (Wildman–Crippen LogP) is 4.09. The van der Waals surface area contributed by atoms with E-state index >= 15 is 0 Å². The summed E-state index contributed by atoms with van der Waals surface area (Å²) in [5, 5.41) is 3.02. The number of rotatable bonds is 4. The standard InChI is InChI=1S/C22H22FNO3/c1-13-11-18(25)22-19(10-9-16(23)21(13)22)27-12-20(26)24-17-8-4-6-14-5-2-3-7-15(14)17/h2-3,5,7,9-10,13,17H,4,6,8,11-12H2,1H3,(H,24,26). The van der Waals surface area contributed by atoms with Gasteiger partial charge in [0.1, 0.15) is 11.6 Å².